The predicted octanol–water partition coefficient (Wildman–Crippen LogP) is 3.81. The molecule has 1 aliphatic heterocycles. The van der Waals surface area contributed by atoms with Crippen molar-refractivity contribution >= 4 is 28.2 Å². The van der Waals surface area contributed by atoms with Gasteiger partial charge in [0.15, 0.2) is 0 Å². The predicted molar refractivity (Wildman–Crippen MR) is 90.3 cm³/mol. The smallest absolute Gasteiger partial charge is 0.0737 e. The molecule has 0 bridgehead atoms. The summed E-state index contributed by atoms with van der Waals surface area (Å²) in [5.74, 6) is 0. The van der Waals surface area contributed by atoms with Crippen LogP contribution in [0.3, 0.4) is 0 Å². The summed E-state index contributed by atoms with van der Waals surface area (Å²) in [6.07, 6.45) is 5.80. The third-order valence-electron chi connectivity index (χ3n) is 4.26. The van der Waals surface area contributed by atoms with Crippen molar-refractivity contribution in [1.82, 2.24) is 9.88 Å². The van der Waals surface area contributed by atoms with Crippen LogP contribution < -0.4 is 4.90 Å². The number of benzene rings is 1. The summed E-state index contributed by atoms with van der Waals surface area (Å²) in [6.45, 7) is 4.83. The average Bonchev–Trinajstić information content (AvgIpc) is 2.99. The molecule has 0 unspecified atom stereocenters. The fraction of sp³-hybridized carbons (Fsp3) is 0.471. The SMILES string of the molecule is CN(CCCN1CCCC1)c1ccnc2cc(Cl)ccc12. The van der Waals surface area contributed by atoms with Crippen molar-refractivity contribution in [1.29, 1.82) is 0 Å². The molecule has 0 N–H and O–H groups in total. The molecule has 3 rings (SSSR count). The summed E-state index contributed by atoms with van der Waals surface area (Å²) >= 11 is 6.05. The molecule has 0 radical (unpaired) electrons. The van der Waals surface area contributed by atoms with Crippen molar-refractivity contribution in [2.45, 2.75) is 19.3 Å². The molecule has 112 valence electrons. The first-order chi connectivity index (χ1) is 10.2. The van der Waals surface area contributed by atoms with Crippen LogP contribution >= 0.6 is 11.6 Å². The van der Waals surface area contributed by atoms with Crippen LogP contribution in [0.25, 0.3) is 10.9 Å². The molecule has 1 saturated heterocycles. The van der Waals surface area contributed by atoms with E-state index in [4.69, 9.17) is 11.6 Å². The van der Waals surface area contributed by atoms with Crippen LogP contribution in [0, 0.1) is 0 Å². The van der Waals surface area contributed by atoms with Crippen LogP contribution in [0.15, 0.2) is 30.5 Å². The quantitative estimate of drug-likeness (QED) is 0.837. The third kappa shape index (κ3) is 3.47. The van der Waals surface area contributed by atoms with Crippen molar-refractivity contribution < 1.29 is 0 Å². The zero-order chi connectivity index (χ0) is 14.7. The summed E-state index contributed by atoms with van der Waals surface area (Å²) < 4.78 is 0. The number of anilines is 1. The summed E-state index contributed by atoms with van der Waals surface area (Å²) in [6, 6.07) is 8.02. The average molecular weight is 304 g/mol. The lowest BCUT2D eigenvalue weighted by Gasteiger charge is -2.22. The van der Waals surface area contributed by atoms with Gasteiger partial charge in [0, 0.05) is 35.9 Å². The molecular formula is C17H22ClN3. The lowest BCUT2D eigenvalue weighted by Crippen LogP contribution is -2.26. The summed E-state index contributed by atoms with van der Waals surface area (Å²) in [5.41, 5.74) is 2.20. The van der Waals surface area contributed by atoms with Gasteiger partial charge in [-0.25, -0.2) is 0 Å². The van der Waals surface area contributed by atoms with Crippen molar-refractivity contribution in [2.24, 2.45) is 0 Å². The van der Waals surface area contributed by atoms with E-state index >= 15 is 0 Å². The molecule has 0 aliphatic carbocycles. The number of likely N-dealkylation sites (tertiary alicyclic amines) is 1. The van der Waals surface area contributed by atoms with Gasteiger partial charge in [-0.1, -0.05) is 11.6 Å². The Kier molecular flexibility index (Phi) is 4.61. The third-order valence-corrected chi connectivity index (χ3v) is 4.49. The summed E-state index contributed by atoms with van der Waals surface area (Å²) in [4.78, 5) is 9.30. The number of fused-ring (bicyclic) bond motifs is 1. The van der Waals surface area contributed by atoms with Gasteiger partial charge < -0.3 is 9.80 Å². The Morgan fingerprint density at radius 2 is 2.05 bits per heavy atom. The second-order valence-electron chi connectivity index (χ2n) is 5.82. The van der Waals surface area contributed by atoms with E-state index in [1.54, 1.807) is 0 Å². The highest BCUT2D eigenvalue weighted by atomic mass is 35.5. The van der Waals surface area contributed by atoms with Gasteiger partial charge in [-0.3, -0.25) is 4.98 Å². The lowest BCUT2D eigenvalue weighted by molar-refractivity contribution is 0.335. The fourth-order valence-electron chi connectivity index (χ4n) is 3.10. The molecule has 3 nitrogen and oxygen atoms in total. The lowest BCUT2D eigenvalue weighted by atomic mass is 10.1. The number of aromatic nitrogens is 1. The minimum absolute atomic E-state index is 0.740. The highest BCUT2D eigenvalue weighted by molar-refractivity contribution is 6.31. The van der Waals surface area contributed by atoms with E-state index in [1.807, 2.05) is 18.3 Å². The van der Waals surface area contributed by atoms with Crippen LogP contribution in [-0.2, 0) is 0 Å². The monoisotopic (exact) mass is 303 g/mol. The topological polar surface area (TPSA) is 19.4 Å². The number of hydrogen-bond donors (Lipinski definition) is 0. The largest absolute Gasteiger partial charge is 0.374 e. The first-order valence-electron chi connectivity index (χ1n) is 7.72. The molecule has 21 heavy (non-hydrogen) atoms. The Morgan fingerprint density at radius 1 is 1.24 bits per heavy atom. The standard InChI is InChI=1S/C17H22ClN3/c1-20(9-4-12-21-10-2-3-11-21)17-7-8-19-16-13-14(18)5-6-15(16)17/h5-8,13H,2-4,9-12H2,1H3. The van der Waals surface area contributed by atoms with Gasteiger partial charge in [0.2, 0.25) is 0 Å². The molecule has 1 aromatic carbocycles. The number of hydrogen-bond acceptors (Lipinski definition) is 3. The highest BCUT2D eigenvalue weighted by Gasteiger charge is 2.12. The number of rotatable bonds is 5. The Hall–Kier alpha value is -1.32. The maximum Gasteiger partial charge on any atom is 0.0737 e. The first-order valence-corrected chi connectivity index (χ1v) is 8.09. The van der Waals surface area contributed by atoms with Crippen molar-refractivity contribution in [3.05, 3.63) is 35.5 Å². The van der Waals surface area contributed by atoms with Crippen molar-refractivity contribution in [3.63, 3.8) is 0 Å². The zero-order valence-corrected chi connectivity index (χ0v) is 13.3. The number of halogens is 1. The molecule has 0 saturated carbocycles. The minimum Gasteiger partial charge on any atom is -0.374 e. The van der Waals surface area contributed by atoms with E-state index in [9.17, 15) is 0 Å². The van der Waals surface area contributed by atoms with Gasteiger partial charge in [-0.2, -0.15) is 0 Å². The summed E-state index contributed by atoms with van der Waals surface area (Å²) in [7, 11) is 2.16. The van der Waals surface area contributed by atoms with Crippen LogP contribution in [0.1, 0.15) is 19.3 Å². The van der Waals surface area contributed by atoms with Crippen LogP contribution in [0.4, 0.5) is 5.69 Å². The van der Waals surface area contributed by atoms with E-state index in [-0.39, 0.29) is 0 Å². The van der Waals surface area contributed by atoms with Crippen LogP contribution in [0.5, 0.6) is 0 Å². The fourth-order valence-corrected chi connectivity index (χ4v) is 3.26. The van der Waals surface area contributed by atoms with Gasteiger partial charge in [0.1, 0.15) is 0 Å². The molecule has 0 atom stereocenters. The molecule has 1 fully saturated rings. The van der Waals surface area contributed by atoms with E-state index in [0.29, 0.717) is 0 Å². The zero-order valence-electron chi connectivity index (χ0n) is 12.6. The van der Waals surface area contributed by atoms with E-state index in [2.05, 4.69) is 34.0 Å². The molecule has 2 aromatic rings. The minimum atomic E-state index is 0.740. The molecule has 4 heteroatoms. The molecule has 1 aliphatic rings. The van der Waals surface area contributed by atoms with Crippen molar-refractivity contribution in [3.8, 4) is 0 Å². The molecule has 0 amide bonds. The Balaban J connectivity index is 1.67. The van der Waals surface area contributed by atoms with Crippen LogP contribution in [0.2, 0.25) is 5.02 Å². The molecule has 2 heterocycles. The van der Waals surface area contributed by atoms with E-state index < -0.39 is 0 Å². The highest BCUT2D eigenvalue weighted by Crippen LogP contribution is 2.26. The summed E-state index contributed by atoms with van der Waals surface area (Å²) in [5, 5.41) is 1.91. The Labute approximate surface area is 131 Å². The maximum atomic E-state index is 6.05. The van der Waals surface area contributed by atoms with E-state index in [1.165, 1.54) is 50.0 Å². The normalized spacial score (nSPS) is 15.7. The number of nitrogens with zero attached hydrogens (tertiary/aromatic N) is 3. The van der Waals surface area contributed by atoms with Gasteiger partial charge in [-0.05, 0) is 63.2 Å². The Morgan fingerprint density at radius 3 is 2.86 bits per heavy atom. The van der Waals surface area contributed by atoms with Crippen LogP contribution in [-0.4, -0.2) is 43.1 Å². The van der Waals surface area contributed by atoms with E-state index in [0.717, 1.165) is 17.1 Å². The molecule has 0 spiro atoms. The van der Waals surface area contributed by atoms with Gasteiger partial charge in [0.25, 0.3) is 0 Å². The van der Waals surface area contributed by atoms with Gasteiger partial charge >= 0.3 is 0 Å². The maximum absolute atomic E-state index is 6.05. The number of pyridine rings is 1. The first kappa shape index (κ1) is 14.6. The Bertz CT molecular complexity index is 608. The molecular weight excluding hydrogens is 282 g/mol. The second kappa shape index (κ2) is 6.63. The molecule has 1 aromatic heterocycles. The van der Waals surface area contributed by atoms with Crippen molar-refractivity contribution in [2.75, 3.05) is 38.1 Å². The van der Waals surface area contributed by atoms with Gasteiger partial charge in [0.05, 0.1) is 5.52 Å². The van der Waals surface area contributed by atoms with Gasteiger partial charge in [-0.15, -0.1) is 0 Å². The second-order valence-corrected chi connectivity index (χ2v) is 6.25.